The van der Waals surface area contributed by atoms with E-state index in [-0.39, 0.29) is 12.5 Å². The van der Waals surface area contributed by atoms with E-state index in [1.807, 2.05) is 43.3 Å². The van der Waals surface area contributed by atoms with E-state index in [0.717, 1.165) is 11.1 Å². The van der Waals surface area contributed by atoms with Gasteiger partial charge in [-0.15, -0.1) is 0 Å². The molecule has 0 radical (unpaired) electrons. The highest BCUT2D eigenvalue weighted by Gasteiger charge is 2.15. The molecule has 6 nitrogen and oxygen atoms in total. The number of aryl methyl sites for hydroxylation is 1. The fraction of sp³-hybridized carbons (Fsp3) is 0.167. The highest BCUT2D eigenvalue weighted by Crippen LogP contribution is 2.28. The van der Waals surface area contributed by atoms with Crippen molar-refractivity contribution in [3.05, 3.63) is 89.0 Å². The zero-order valence-electron chi connectivity index (χ0n) is 17.1. The van der Waals surface area contributed by atoms with E-state index in [2.05, 4.69) is 5.32 Å². The number of esters is 1. The van der Waals surface area contributed by atoms with E-state index >= 15 is 0 Å². The van der Waals surface area contributed by atoms with Gasteiger partial charge in [0.25, 0.3) is 5.91 Å². The van der Waals surface area contributed by atoms with Crippen molar-refractivity contribution < 1.29 is 23.8 Å². The molecule has 0 heterocycles. The third kappa shape index (κ3) is 4.97. The standard InChI is InChI=1S/C24H23NO5/c1-16-9-10-18(13-21(16)28-2)23(26)25-20-12-11-19(24(27)29-3)14-22(20)30-15-17-7-5-4-6-8-17/h4-14H,15H2,1-3H3,(H,25,26). The lowest BCUT2D eigenvalue weighted by molar-refractivity contribution is 0.0600. The maximum atomic E-state index is 12.8. The van der Waals surface area contributed by atoms with E-state index in [9.17, 15) is 9.59 Å². The Balaban J connectivity index is 1.86. The lowest BCUT2D eigenvalue weighted by Gasteiger charge is -2.14. The summed E-state index contributed by atoms with van der Waals surface area (Å²) in [6.45, 7) is 2.19. The molecule has 1 amide bonds. The third-order valence-corrected chi connectivity index (χ3v) is 4.56. The lowest BCUT2D eigenvalue weighted by atomic mass is 10.1. The van der Waals surface area contributed by atoms with Crippen LogP contribution in [0.2, 0.25) is 0 Å². The highest BCUT2D eigenvalue weighted by atomic mass is 16.5. The zero-order chi connectivity index (χ0) is 21.5. The Morgan fingerprint density at radius 3 is 2.27 bits per heavy atom. The molecule has 30 heavy (non-hydrogen) atoms. The number of carbonyl (C=O) groups is 2. The Kier molecular flexibility index (Phi) is 6.70. The fourth-order valence-electron chi connectivity index (χ4n) is 2.88. The van der Waals surface area contributed by atoms with Gasteiger partial charge in [0, 0.05) is 5.56 Å². The molecule has 0 aliphatic rings. The van der Waals surface area contributed by atoms with E-state index in [0.29, 0.717) is 28.3 Å². The normalized spacial score (nSPS) is 10.2. The molecular formula is C24H23NO5. The fourth-order valence-corrected chi connectivity index (χ4v) is 2.88. The van der Waals surface area contributed by atoms with Crippen molar-refractivity contribution in [2.75, 3.05) is 19.5 Å². The summed E-state index contributed by atoms with van der Waals surface area (Å²) < 4.78 is 16.0. The van der Waals surface area contributed by atoms with Crippen LogP contribution in [0.3, 0.4) is 0 Å². The summed E-state index contributed by atoms with van der Waals surface area (Å²) in [5.41, 5.74) is 3.12. The number of hydrogen-bond acceptors (Lipinski definition) is 5. The zero-order valence-corrected chi connectivity index (χ0v) is 17.1. The van der Waals surface area contributed by atoms with Crippen molar-refractivity contribution in [1.82, 2.24) is 0 Å². The van der Waals surface area contributed by atoms with Crippen LogP contribution in [-0.2, 0) is 11.3 Å². The summed E-state index contributed by atoms with van der Waals surface area (Å²) >= 11 is 0. The second-order valence-corrected chi connectivity index (χ2v) is 6.62. The summed E-state index contributed by atoms with van der Waals surface area (Å²) in [6, 6.07) is 19.6. The topological polar surface area (TPSA) is 73.9 Å². The maximum Gasteiger partial charge on any atom is 0.337 e. The van der Waals surface area contributed by atoms with E-state index in [1.165, 1.54) is 7.11 Å². The molecule has 6 heteroatoms. The Hall–Kier alpha value is -3.80. The number of methoxy groups -OCH3 is 2. The summed E-state index contributed by atoms with van der Waals surface area (Å²) in [5, 5.41) is 2.85. The first-order valence-electron chi connectivity index (χ1n) is 9.37. The molecule has 0 saturated carbocycles. The number of hydrogen-bond donors (Lipinski definition) is 1. The Morgan fingerprint density at radius 1 is 0.867 bits per heavy atom. The highest BCUT2D eigenvalue weighted by molar-refractivity contribution is 6.05. The summed E-state index contributed by atoms with van der Waals surface area (Å²) in [4.78, 5) is 24.7. The summed E-state index contributed by atoms with van der Waals surface area (Å²) in [5.74, 6) is 0.197. The monoisotopic (exact) mass is 405 g/mol. The van der Waals surface area contributed by atoms with E-state index in [1.54, 1.807) is 37.4 Å². The minimum atomic E-state index is -0.485. The molecule has 0 aliphatic carbocycles. The number of benzene rings is 3. The first kappa shape index (κ1) is 20.9. The van der Waals surface area contributed by atoms with Gasteiger partial charge in [0.15, 0.2) is 0 Å². The van der Waals surface area contributed by atoms with Crippen LogP contribution in [0.25, 0.3) is 0 Å². The predicted molar refractivity (Wildman–Crippen MR) is 114 cm³/mol. The van der Waals surface area contributed by atoms with Crippen molar-refractivity contribution >= 4 is 17.6 Å². The molecule has 1 N–H and O–H groups in total. The average molecular weight is 405 g/mol. The molecule has 0 saturated heterocycles. The Morgan fingerprint density at radius 2 is 1.57 bits per heavy atom. The number of ether oxygens (including phenoxy) is 3. The number of carbonyl (C=O) groups excluding carboxylic acids is 2. The van der Waals surface area contributed by atoms with Crippen molar-refractivity contribution in [2.45, 2.75) is 13.5 Å². The van der Waals surface area contributed by atoms with Gasteiger partial charge in [-0.2, -0.15) is 0 Å². The molecule has 3 rings (SSSR count). The van der Waals surface area contributed by atoms with Crippen LogP contribution < -0.4 is 14.8 Å². The van der Waals surface area contributed by atoms with Crippen molar-refractivity contribution in [2.24, 2.45) is 0 Å². The van der Waals surface area contributed by atoms with Crippen molar-refractivity contribution in [1.29, 1.82) is 0 Å². The molecular weight excluding hydrogens is 382 g/mol. The molecule has 0 atom stereocenters. The van der Waals surface area contributed by atoms with Gasteiger partial charge in [-0.25, -0.2) is 4.79 Å². The SMILES string of the molecule is COC(=O)c1ccc(NC(=O)c2ccc(C)c(OC)c2)c(OCc2ccccc2)c1. The van der Waals surface area contributed by atoms with Crippen LogP contribution in [0.5, 0.6) is 11.5 Å². The quantitative estimate of drug-likeness (QED) is 0.581. The van der Waals surface area contributed by atoms with Crippen LogP contribution in [0.4, 0.5) is 5.69 Å². The first-order valence-corrected chi connectivity index (χ1v) is 9.37. The molecule has 0 unspecified atom stereocenters. The summed E-state index contributed by atoms with van der Waals surface area (Å²) in [6.07, 6.45) is 0. The van der Waals surface area contributed by atoms with Crippen LogP contribution >= 0.6 is 0 Å². The van der Waals surface area contributed by atoms with Gasteiger partial charge >= 0.3 is 5.97 Å². The Bertz CT molecular complexity index is 1050. The molecule has 0 aliphatic heterocycles. The number of amides is 1. The van der Waals surface area contributed by atoms with Gasteiger partial charge in [0.05, 0.1) is 25.5 Å². The van der Waals surface area contributed by atoms with Gasteiger partial charge in [0.2, 0.25) is 0 Å². The summed E-state index contributed by atoms with van der Waals surface area (Å²) in [7, 11) is 2.87. The first-order chi connectivity index (χ1) is 14.5. The van der Waals surface area contributed by atoms with Gasteiger partial charge in [-0.1, -0.05) is 36.4 Å². The lowest BCUT2D eigenvalue weighted by Crippen LogP contribution is -2.14. The molecule has 3 aromatic carbocycles. The van der Waals surface area contributed by atoms with E-state index in [4.69, 9.17) is 14.2 Å². The minimum Gasteiger partial charge on any atom is -0.496 e. The van der Waals surface area contributed by atoms with Gasteiger partial charge in [0.1, 0.15) is 18.1 Å². The van der Waals surface area contributed by atoms with Crippen LogP contribution in [-0.4, -0.2) is 26.1 Å². The van der Waals surface area contributed by atoms with Crippen LogP contribution in [0, 0.1) is 6.92 Å². The maximum absolute atomic E-state index is 12.8. The molecule has 0 bridgehead atoms. The predicted octanol–water partition coefficient (Wildman–Crippen LogP) is 4.62. The largest absolute Gasteiger partial charge is 0.496 e. The molecule has 0 fully saturated rings. The third-order valence-electron chi connectivity index (χ3n) is 4.56. The number of nitrogens with one attached hydrogen (secondary N) is 1. The van der Waals surface area contributed by atoms with Crippen LogP contribution in [0.1, 0.15) is 31.8 Å². The minimum absolute atomic E-state index is 0.284. The van der Waals surface area contributed by atoms with Gasteiger partial charge in [-0.3, -0.25) is 4.79 Å². The number of rotatable bonds is 7. The smallest absolute Gasteiger partial charge is 0.337 e. The average Bonchev–Trinajstić information content (AvgIpc) is 2.78. The van der Waals surface area contributed by atoms with Gasteiger partial charge < -0.3 is 19.5 Å². The second-order valence-electron chi connectivity index (χ2n) is 6.62. The van der Waals surface area contributed by atoms with Crippen molar-refractivity contribution in [3.8, 4) is 11.5 Å². The van der Waals surface area contributed by atoms with Gasteiger partial charge in [-0.05, 0) is 48.4 Å². The second kappa shape index (κ2) is 9.60. The van der Waals surface area contributed by atoms with Crippen molar-refractivity contribution in [3.63, 3.8) is 0 Å². The van der Waals surface area contributed by atoms with Crippen LogP contribution in [0.15, 0.2) is 66.7 Å². The molecule has 3 aromatic rings. The van der Waals surface area contributed by atoms with E-state index < -0.39 is 5.97 Å². The number of anilines is 1. The molecule has 0 spiro atoms. The molecule has 0 aromatic heterocycles. The molecule has 154 valence electrons. The Labute approximate surface area is 175 Å².